The van der Waals surface area contributed by atoms with Crippen LogP contribution in [-0.2, 0) is 0 Å². The number of unbranched alkanes of at least 4 members (excludes halogenated alkanes) is 21. The molecular formula is C33H70N+. The molecule has 0 unspecified atom stereocenters. The quantitative estimate of drug-likeness (QED) is 0.0737. The second kappa shape index (κ2) is 27.5. The molecule has 0 rings (SSSR count). The molecule has 206 valence electrons. The Morgan fingerprint density at radius 1 is 0.235 bits per heavy atom. The summed E-state index contributed by atoms with van der Waals surface area (Å²) in [5.41, 5.74) is 0. The van der Waals surface area contributed by atoms with E-state index in [4.69, 9.17) is 0 Å². The van der Waals surface area contributed by atoms with Crippen molar-refractivity contribution in [2.45, 2.75) is 188 Å². The minimum Gasteiger partial charge on any atom is -0.324 e. The average molecular weight is 481 g/mol. The molecule has 1 heteroatoms. The molecule has 0 amide bonds. The van der Waals surface area contributed by atoms with Gasteiger partial charge in [0.25, 0.3) is 0 Å². The minimum absolute atomic E-state index is 1.36. The van der Waals surface area contributed by atoms with Gasteiger partial charge in [0.2, 0.25) is 0 Å². The molecule has 0 atom stereocenters. The SMILES string of the molecule is CCCCCCCCCCCCCCCCCC[N+](CCCCC)(CCCCC)CCCCC. The molecule has 0 aromatic heterocycles. The lowest BCUT2D eigenvalue weighted by molar-refractivity contribution is -0.929. The summed E-state index contributed by atoms with van der Waals surface area (Å²) in [7, 11) is 0. The maximum Gasteiger partial charge on any atom is 0.0786 e. The van der Waals surface area contributed by atoms with E-state index in [1.165, 1.54) is 191 Å². The summed E-state index contributed by atoms with van der Waals surface area (Å²) in [5.74, 6) is 0. The van der Waals surface area contributed by atoms with Crippen LogP contribution in [0.3, 0.4) is 0 Å². The third-order valence-electron chi connectivity index (χ3n) is 8.19. The van der Waals surface area contributed by atoms with E-state index < -0.39 is 0 Å². The van der Waals surface area contributed by atoms with Crippen LogP contribution in [0.15, 0.2) is 0 Å². The fraction of sp³-hybridized carbons (Fsp3) is 1.00. The third-order valence-corrected chi connectivity index (χ3v) is 8.19. The van der Waals surface area contributed by atoms with E-state index in [2.05, 4.69) is 27.7 Å². The molecule has 0 bridgehead atoms. The van der Waals surface area contributed by atoms with Crippen LogP contribution in [0.25, 0.3) is 0 Å². The topological polar surface area (TPSA) is 0 Å². The zero-order valence-electron chi connectivity index (χ0n) is 25.0. The summed E-state index contributed by atoms with van der Waals surface area (Å²) in [6.45, 7) is 15.2. The molecule has 0 spiro atoms. The third kappa shape index (κ3) is 22.4. The second-order valence-corrected chi connectivity index (χ2v) is 11.7. The largest absolute Gasteiger partial charge is 0.324 e. The van der Waals surface area contributed by atoms with E-state index in [9.17, 15) is 0 Å². The fourth-order valence-corrected chi connectivity index (χ4v) is 5.76. The van der Waals surface area contributed by atoms with Crippen LogP contribution < -0.4 is 0 Å². The Hall–Kier alpha value is -0.0400. The van der Waals surface area contributed by atoms with E-state index in [0.717, 1.165) is 0 Å². The Labute approximate surface area is 218 Å². The van der Waals surface area contributed by atoms with Gasteiger partial charge in [0.1, 0.15) is 0 Å². The summed E-state index contributed by atoms with van der Waals surface area (Å²) in [5, 5.41) is 0. The molecule has 0 aliphatic rings. The molecule has 0 N–H and O–H groups in total. The standard InChI is InChI=1S/C33H70N/c1-5-9-13-14-15-16-17-18-19-20-21-22-23-24-25-29-33-34(30-26-10-6-2,31-27-11-7-3)32-28-12-8-4/h5-33H2,1-4H3/q+1. The predicted molar refractivity (Wildman–Crippen MR) is 158 cm³/mol. The first-order valence-electron chi connectivity index (χ1n) is 16.6. The van der Waals surface area contributed by atoms with Gasteiger partial charge in [-0.2, -0.15) is 0 Å². The zero-order chi connectivity index (χ0) is 25.0. The molecule has 34 heavy (non-hydrogen) atoms. The molecule has 0 fully saturated rings. The first kappa shape index (κ1) is 34.0. The lowest BCUT2D eigenvalue weighted by Crippen LogP contribution is -2.50. The highest BCUT2D eigenvalue weighted by atomic mass is 15.3. The Bertz CT molecular complexity index is 337. The summed E-state index contributed by atoms with van der Waals surface area (Å²) in [6.07, 6.45) is 36.3. The molecular weight excluding hydrogens is 410 g/mol. The zero-order valence-corrected chi connectivity index (χ0v) is 25.0. The number of nitrogens with zero attached hydrogens (tertiary/aromatic N) is 1. The second-order valence-electron chi connectivity index (χ2n) is 11.7. The van der Waals surface area contributed by atoms with E-state index in [1.54, 1.807) is 0 Å². The van der Waals surface area contributed by atoms with Gasteiger partial charge < -0.3 is 4.48 Å². The highest BCUT2D eigenvalue weighted by molar-refractivity contribution is 4.54. The predicted octanol–water partition coefficient (Wildman–Crippen LogP) is 11.6. The van der Waals surface area contributed by atoms with Gasteiger partial charge in [0.15, 0.2) is 0 Å². The van der Waals surface area contributed by atoms with Crippen molar-refractivity contribution in [2.75, 3.05) is 26.2 Å². The Balaban J connectivity index is 3.93. The van der Waals surface area contributed by atoms with Crippen LogP contribution in [0.2, 0.25) is 0 Å². The van der Waals surface area contributed by atoms with Crippen LogP contribution in [0.1, 0.15) is 188 Å². The Morgan fingerprint density at radius 2 is 0.412 bits per heavy atom. The molecule has 0 saturated carbocycles. The van der Waals surface area contributed by atoms with E-state index in [0.29, 0.717) is 0 Å². The van der Waals surface area contributed by atoms with Crippen molar-refractivity contribution in [3.05, 3.63) is 0 Å². The van der Waals surface area contributed by atoms with E-state index in [1.807, 2.05) is 0 Å². The molecule has 0 saturated heterocycles. The van der Waals surface area contributed by atoms with Crippen molar-refractivity contribution in [3.63, 3.8) is 0 Å². The molecule has 1 nitrogen and oxygen atoms in total. The van der Waals surface area contributed by atoms with Gasteiger partial charge in [0.05, 0.1) is 26.2 Å². The van der Waals surface area contributed by atoms with Crippen LogP contribution in [0.5, 0.6) is 0 Å². The Morgan fingerprint density at radius 3 is 0.676 bits per heavy atom. The smallest absolute Gasteiger partial charge is 0.0786 e. The van der Waals surface area contributed by atoms with Crippen LogP contribution >= 0.6 is 0 Å². The van der Waals surface area contributed by atoms with Gasteiger partial charge in [-0.15, -0.1) is 0 Å². The summed E-state index contributed by atoms with van der Waals surface area (Å²) in [6, 6.07) is 0. The van der Waals surface area contributed by atoms with Gasteiger partial charge >= 0.3 is 0 Å². The normalized spacial score (nSPS) is 12.0. The summed E-state index contributed by atoms with van der Waals surface area (Å²) < 4.78 is 1.46. The summed E-state index contributed by atoms with van der Waals surface area (Å²) >= 11 is 0. The molecule has 0 aliphatic carbocycles. The molecule has 0 aromatic rings. The van der Waals surface area contributed by atoms with Gasteiger partial charge in [0, 0.05) is 0 Å². The lowest BCUT2D eigenvalue weighted by atomic mass is 10.0. The fourth-order valence-electron chi connectivity index (χ4n) is 5.76. The number of quaternary nitrogens is 1. The highest BCUT2D eigenvalue weighted by Crippen LogP contribution is 2.19. The number of rotatable bonds is 29. The van der Waals surface area contributed by atoms with Crippen molar-refractivity contribution < 1.29 is 4.48 Å². The molecule has 0 heterocycles. The molecule has 0 radical (unpaired) electrons. The van der Waals surface area contributed by atoms with Crippen LogP contribution in [0, 0.1) is 0 Å². The van der Waals surface area contributed by atoms with Crippen molar-refractivity contribution >= 4 is 0 Å². The monoisotopic (exact) mass is 481 g/mol. The first-order valence-corrected chi connectivity index (χ1v) is 16.6. The average Bonchev–Trinajstić information content (AvgIpc) is 2.84. The van der Waals surface area contributed by atoms with Crippen molar-refractivity contribution in [1.82, 2.24) is 0 Å². The lowest BCUT2D eigenvalue weighted by Gasteiger charge is -2.39. The van der Waals surface area contributed by atoms with Crippen LogP contribution in [-0.4, -0.2) is 30.7 Å². The Kier molecular flexibility index (Phi) is 27.5. The molecule has 0 aromatic carbocycles. The minimum atomic E-state index is 1.36. The van der Waals surface area contributed by atoms with E-state index in [-0.39, 0.29) is 0 Å². The maximum absolute atomic E-state index is 2.36. The van der Waals surface area contributed by atoms with Crippen molar-refractivity contribution in [3.8, 4) is 0 Å². The van der Waals surface area contributed by atoms with Crippen molar-refractivity contribution in [2.24, 2.45) is 0 Å². The highest BCUT2D eigenvalue weighted by Gasteiger charge is 2.25. The maximum atomic E-state index is 2.36. The first-order chi connectivity index (χ1) is 16.7. The van der Waals surface area contributed by atoms with Crippen LogP contribution in [0.4, 0.5) is 0 Å². The number of hydrogen-bond acceptors (Lipinski definition) is 0. The van der Waals surface area contributed by atoms with Crippen molar-refractivity contribution in [1.29, 1.82) is 0 Å². The van der Waals surface area contributed by atoms with Gasteiger partial charge in [-0.25, -0.2) is 0 Å². The van der Waals surface area contributed by atoms with Gasteiger partial charge in [-0.3, -0.25) is 0 Å². The van der Waals surface area contributed by atoms with Gasteiger partial charge in [-0.1, -0.05) is 137 Å². The number of hydrogen-bond donors (Lipinski definition) is 0. The molecule has 0 aliphatic heterocycles. The summed E-state index contributed by atoms with van der Waals surface area (Å²) in [4.78, 5) is 0. The van der Waals surface area contributed by atoms with Gasteiger partial charge in [-0.05, 0) is 51.4 Å². The van der Waals surface area contributed by atoms with E-state index >= 15 is 0 Å².